The van der Waals surface area contributed by atoms with Gasteiger partial charge in [-0.05, 0) is 41.8 Å². The number of piperazine rings is 1. The van der Waals surface area contributed by atoms with Crippen LogP contribution in [-0.4, -0.2) is 60.4 Å². The Kier molecular flexibility index (Phi) is 7.71. The lowest BCUT2D eigenvalue weighted by atomic mass is 10.1. The third kappa shape index (κ3) is 5.27. The monoisotopic (exact) mass is 583 g/mol. The molecule has 0 spiro atoms. The summed E-state index contributed by atoms with van der Waals surface area (Å²) >= 11 is 0. The molecule has 2 saturated heterocycles. The lowest BCUT2D eigenvalue weighted by Crippen LogP contribution is -2.43. The first-order valence-corrected chi connectivity index (χ1v) is 14.1. The van der Waals surface area contributed by atoms with Gasteiger partial charge in [-0.2, -0.15) is 13.2 Å². The number of imidazole rings is 1. The summed E-state index contributed by atoms with van der Waals surface area (Å²) in [7, 11) is 1.47. The lowest BCUT2D eigenvalue weighted by Gasteiger charge is -2.30. The van der Waals surface area contributed by atoms with Crippen molar-refractivity contribution in [2.45, 2.75) is 31.7 Å². The van der Waals surface area contributed by atoms with Crippen LogP contribution in [0.2, 0.25) is 0 Å². The van der Waals surface area contributed by atoms with Crippen molar-refractivity contribution in [3.8, 4) is 5.75 Å². The van der Waals surface area contributed by atoms with Crippen LogP contribution >= 0.6 is 0 Å². The third-order valence-corrected chi connectivity index (χ3v) is 8.33. The molecule has 0 radical (unpaired) electrons. The number of fused-ring (bicyclic) bond motifs is 1. The summed E-state index contributed by atoms with van der Waals surface area (Å²) < 4.78 is 65.4. The van der Waals surface area contributed by atoms with Gasteiger partial charge in [-0.25, -0.2) is 9.18 Å². The van der Waals surface area contributed by atoms with E-state index in [2.05, 4.69) is 10.2 Å². The number of aromatic nitrogens is 2. The molecule has 2 fully saturated rings. The van der Waals surface area contributed by atoms with Gasteiger partial charge >= 0.3 is 11.9 Å². The van der Waals surface area contributed by atoms with Gasteiger partial charge < -0.3 is 15.0 Å². The second-order valence-corrected chi connectivity index (χ2v) is 10.9. The van der Waals surface area contributed by atoms with Crippen LogP contribution in [0.4, 0.5) is 23.2 Å². The van der Waals surface area contributed by atoms with Crippen LogP contribution in [0.3, 0.4) is 0 Å². The van der Waals surface area contributed by atoms with Crippen molar-refractivity contribution in [3.05, 3.63) is 93.7 Å². The van der Waals surface area contributed by atoms with Gasteiger partial charge in [-0.3, -0.25) is 14.0 Å². The smallest absolute Gasteiger partial charge is 0.416 e. The van der Waals surface area contributed by atoms with Gasteiger partial charge in [0.05, 0.1) is 36.5 Å². The molecule has 3 heterocycles. The first-order valence-electron chi connectivity index (χ1n) is 14.1. The van der Waals surface area contributed by atoms with E-state index in [0.717, 1.165) is 37.8 Å². The Balaban J connectivity index is 1.37. The Morgan fingerprint density at radius 1 is 0.929 bits per heavy atom. The molecule has 0 aliphatic carbocycles. The van der Waals surface area contributed by atoms with Crippen LogP contribution in [-0.2, 0) is 19.3 Å². The van der Waals surface area contributed by atoms with Gasteiger partial charge in [-0.15, -0.1) is 0 Å². The first kappa shape index (κ1) is 28.3. The number of halogens is 4. The van der Waals surface area contributed by atoms with E-state index in [4.69, 9.17) is 4.74 Å². The fourth-order valence-electron chi connectivity index (χ4n) is 6.38. The molecule has 1 unspecified atom stereocenters. The number of nitrogens with zero attached hydrogens (tertiary/aromatic N) is 4. The number of nitrogens with one attached hydrogen (secondary N) is 1. The molecule has 1 atom stereocenters. The number of rotatable bonds is 7. The largest absolute Gasteiger partial charge is 0.494 e. The van der Waals surface area contributed by atoms with Gasteiger partial charge in [0, 0.05) is 45.8 Å². The maximum absolute atomic E-state index is 15.3. The maximum atomic E-state index is 15.3. The fraction of sp³-hybridized carbons (Fsp3) is 0.387. The highest BCUT2D eigenvalue weighted by molar-refractivity contribution is 5.83. The highest BCUT2D eigenvalue weighted by atomic mass is 19.4. The van der Waals surface area contributed by atoms with Crippen molar-refractivity contribution in [2.24, 2.45) is 0 Å². The number of alkyl halides is 3. The second kappa shape index (κ2) is 11.4. The van der Waals surface area contributed by atoms with Crippen molar-refractivity contribution in [2.75, 3.05) is 51.3 Å². The zero-order valence-corrected chi connectivity index (χ0v) is 23.3. The zero-order chi connectivity index (χ0) is 29.4. The number of para-hydroxylation sites is 2. The van der Waals surface area contributed by atoms with Crippen LogP contribution in [0.15, 0.2) is 65.5 Å². The second-order valence-electron chi connectivity index (χ2n) is 10.9. The molecule has 3 aromatic carbocycles. The fourth-order valence-corrected chi connectivity index (χ4v) is 6.38. The number of benzene rings is 3. The predicted molar refractivity (Wildman–Crippen MR) is 154 cm³/mol. The third-order valence-electron chi connectivity index (χ3n) is 8.33. The summed E-state index contributed by atoms with van der Waals surface area (Å²) in [5.74, 6) is 0.0959. The van der Waals surface area contributed by atoms with E-state index < -0.39 is 17.4 Å². The first-order chi connectivity index (χ1) is 20.3. The summed E-state index contributed by atoms with van der Waals surface area (Å²) in [4.78, 5) is 18.3. The molecule has 7 nitrogen and oxygen atoms in total. The molecule has 6 rings (SSSR count). The molecular weight excluding hydrogens is 550 g/mol. The van der Waals surface area contributed by atoms with Gasteiger partial charge in [0.15, 0.2) is 0 Å². The minimum absolute atomic E-state index is 0.00554. The van der Waals surface area contributed by atoms with Gasteiger partial charge in [-0.1, -0.05) is 36.4 Å². The summed E-state index contributed by atoms with van der Waals surface area (Å²) in [6, 6.07) is 15.4. The Hall–Kier alpha value is -3.83. The summed E-state index contributed by atoms with van der Waals surface area (Å²) in [5, 5.41) is 3.34. The predicted octanol–water partition coefficient (Wildman–Crippen LogP) is 4.87. The van der Waals surface area contributed by atoms with Gasteiger partial charge in [0.25, 0.3) is 0 Å². The molecule has 0 bridgehead atoms. The minimum atomic E-state index is -4.56. The van der Waals surface area contributed by atoms with Crippen molar-refractivity contribution in [3.63, 3.8) is 0 Å². The molecule has 1 aromatic heterocycles. The van der Waals surface area contributed by atoms with E-state index in [1.807, 2.05) is 11.0 Å². The number of ether oxygens (including phenoxy) is 1. The van der Waals surface area contributed by atoms with Crippen LogP contribution < -0.4 is 20.6 Å². The average molecular weight is 584 g/mol. The number of methoxy groups -OCH3 is 1. The molecule has 2 aliphatic heterocycles. The molecule has 222 valence electrons. The summed E-state index contributed by atoms with van der Waals surface area (Å²) in [5.41, 5.74) is 1.25. The molecule has 0 amide bonds. The number of anilines is 1. The Morgan fingerprint density at radius 2 is 1.67 bits per heavy atom. The molecule has 4 aromatic rings. The van der Waals surface area contributed by atoms with Crippen molar-refractivity contribution in [1.82, 2.24) is 19.4 Å². The quantitative estimate of drug-likeness (QED) is 0.315. The molecule has 2 aliphatic rings. The van der Waals surface area contributed by atoms with Crippen molar-refractivity contribution in [1.29, 1.82) is 0 Å². The Morgan fingerprint density at radius 3 is 2.43 bits per heavy atom. The number of hydrogen-bond acceptors (Lipinski definition) is 5. The van der Waals surface area contributed by atoms with Crippen LogP contribution in [0.25, 0.3) is 11.0 Å². The van der Waals surface area contributed by atoms with Crippen LogP contribution in [0.5, 0.6) is 5.75 Å². The Bertz CT molecular complexity index is 1640. The van der Waals surface area contributed by atoms with Gasteiger partial charge in [0.1, 0.15) is 17.1 Å². The normalized spacial score (nSPS) is 18.2. The topological polar surface area (TPSA) is 54.7 Å². The van der Waals surface area contributed by atoms with Gasteiger partial charge in [0.2, 0.25) is 0 Å². The minimum Gasteiger partial charge on any atom is -0.494 e. The Labute approximate surface area is 240 Å². The lowest BCUT2D eigenvalue weighted by molar-refractivity contribution is -0.138. The SMILES string of the molecule is COc1cccc2c1n(Cc1ccccc1C(F)(F)F)c(=O)n2C1CCN(c2c(F)cccc2CN2CCNCC2)C1. The highest BCUT2D eigenvalue weighted by Crippen LogP contribution is 2.36. The summed E-state index contributed by atoms with van der Waals surface area (Å²) in [6.45, 7) is 4.84. The molecular formula is C31H33F4N5O2. The van der Waals surface area contributed by atoms with E-state index in [0.29, 0.717) is 48.5 Å². The number of hydrogen-bond donors (Lipinski definition) is 1. The van der Waals surface area contributed by atoms with Crippen molar-refractivity contribution < 1.29 is 22.3 Å². The molecule has 11 heteroatoms. The van der Waals surface area contributed by atoms with E-state index in [1.165, 1.54) is 35.9 Å². The summed E-state index contributed by atoms with van der Waals surface area (Å²) in [6.07, 6.45) is -3.98. The van der Waals surface area contributed by atoms with E-state index in [9.17, 15) is 18.0 Å². The van der Waals surface area contributed by atoms with E-state index >= 15 is 4.39 Å². The maximum Gasteiger partial charge on any atom is 0.416 e. The van der Waals surface area contributed by atoms with Crippen LogP contribution in [0.1, 0.15) is 29.2 Å². The van der Waals surface area contributed by atoms with E-state index in [-0.39, 0.29) is 24.0 Å². The van der Waals surface area contributed by atoms with Crippen LogP contribution in [0, 0.1) is 5.82 Å². The standard InChI is InChI=1S/C31H33F4N5O2/c1-42-27-11-5-10-26-29(27)39(19-21-6-2-3-8-24(21)31(33,34)35)30(41)40(26)23-12-15-38(20-23)28-22(7-4-9-25(28)32)18-37-16-13-36-14-17-37/h2-11,23,36H,12-20H2,1H3. The zero-order valence-electron chi connectivity index (χ0n) is 23.3. The highest BCUT2D eigenvalue weighted by Gasteiger charge is 2.35. The molecule has 42 heavy (non-hydrogen) atoms. The van der Waals surface area contributed by atoms with E-state index in [1.54, 1.807) is 28.8 Å². The average Bonchev–Trinajstić information content (AvgIpc) is 3.55. The van der Waals surface area contributed by atoms with Crippen molar-refractivity contribution >= 4 is 16.7 Å². The molecule has 0 saturated carbocycles. The molecule has 1 N–H and O–H groups in total.